The molecule has 0 aliphatic rings. The number of benzene rings is 3. The van der Waals surface area contributed by atoms with Gasteiger partial charge >= 0.3 is 7.12 Å². The number of hydrogen-bond donors (Lipinski definition) is 2. The van der Waals surface area contributed by atoms with Crippen LogP contribution >= 0.6 is 0 Å². The Kier molecular flexibility index (Phi) is 2.36. The maximum atomic E-state index is 9.62. The van der Waals surface area contributed by atoms with Crippen LogP contribution in [0.5, 0.6) is 0 Å². The molecule has 3 aromatic carbocycles. The van der Waals surface area contributed by atoms with Gasteiger partial charge in [0.25, 0.3) is 0 Å². The van der Waals surface area contributed by atoms with Crippen LogP contribution in [-0.2, 0) is 0 Å². The summed E-state index contributed by atoms with van der Waals surface area (Å²) in [5.74, 6) is 0. The van der Waals surface area contributed by atoms with Gasteiger partial charge in [-0.05, 0) is 16.9 Å². The fraction of sp³-hybridized carbons (Fsp3) is 0. The number of hydrogen-bond acceptors (Lipinski definition) is 3. The third kappa shape index (κ3) is 1.49. The lowest BCUT2D eigenvalue weighted by Gasteiger charge is -2.06. The Bertz CT molecular complexity index is 940. The molecule has 1 aromatic heterocycles. The predicted molar refractivity (Wildman–Crippen MR) is 81.1 cm³/mol. The van der Waals surface area contributed by atoms with Crippen LogP contribution in [0.2, 0.25) is 0 Å². The lowest BCUT2D eigenvalue weighted by molar-refractivity contribution is 0.426. The zero-order chi connectivity index (χ0) is 13.7. The van der Waals surface area contributed by atoms with E-state index in [1.165, 1.54) is 0 Å². The molecule has 0 spiro atoms. The Morgan fingerprint density at radius 1 is 0.750 bits per heavy atom. The summed E-state index contributed by atoms with van der Waals surface area (Å²) in [6, 6.07) is 17.2. The SMILES string of the molecule is OB(O)c1cc2c3ccccc3oc2c2ccccc12. The minimum Gasteiger partial charge on any atom is -0.455 e. The zero-order valence-corrected chi connectivity index (χ0v) is 10.6. The molecule has 0 atom stereocenters. The van der Waals surface area contributed by atoms with Crippen LogP contribution in [0.15, 0.2) is 59.0 Å². The summed E-state index contributed by atoms with van der Waals surface area (Å²) < 4.78 is 5.94. The molecule has 1 heterocycles. The summed E-state index contributed by atoms with van der Waals surface area (Å²) >= 11 is 0. The van der Waals surface area contributed by atoms with Gasteiger partial charge in [-0.25, -0.2) is 0 Å². The molecule has 2 N–H and O–H groups in total. The molecule has 4 aromatic rings. The summed E-state index contributed by atoms with van der Waals surface area (Å²) in [6.07, 6.45) is 0. The average Bonchev–Trinajstić information content (AvgIpc) is 2.85. The maximum absolute atomic E-state index is 9.62. The molecule has 0 aliphatic heterocycles. The summed E-state index contributed by atoms with van der Waals surface area (Å²) in [5.41, 5.74) is 2.09. The Balaban J connectivity index is 2.30. The Labute approximate surface area is 115 Å². The minimum absolute atomic E-state index is 0.500. The largest absolute Gasteiger partial charge is 0.489 e. The van der Waals surface area contributed by atoms with Crippen molar-refractivity contribution < 1.29 is 14.5 Å². The second-order valence-electron chi connectivity index (χ2n) is 4.86. The molecule has 4 heteroatoms. The highest BCUT2D eigenvalue weighted by atomic mass is 16.4. The fourth-order valence-electron chi connectivity index (χ4n) is 2.79. The quantitative estimate of drug-likeness (QED) is 0.518. The van der Waals surface area contributed by atoms with Gasteiger partial charge in [0.15, 0.2) is 0 Å². The van der Waals surface area contributed by atoms with Crippen LogP contribution in [-0.4, -0.2) is 17.2 Å². The molecule has 20 heavy (non-hydrogen) atoms. The van der Waals surface area contributed by atoms with Crippen LogP contribution in [0.1, 0.15) is 0 Å². The summed E-state index contributed by atoms with van der Waals surface area (Å²) in [7, 11) is -1.50. The molecule has 0 amide bonds. The van der Waals surface area contributed by atoms with Crippen molar-refractivity contribution in [1.29, 1.82) is 0 Å². The monoisotopic (exact) mass is 262 g/mol. The van der Waals surface area contributed by atoms with Gasteiger partial charge in [0.05, 0.1) is 0 Å². The molecular weight excluding hydrogens is 251 g/mol. The van der Waals surface area contributed by atoms with Crippen LogP contribution in [0.25, 0.3) is 32.7 Å². The molecule has 3 nitrogen and oxygen atoms in total. The summed E-state index contributed by atoms with van der Waals surface area (Å²) in [6.45, 7) is 0. The molecule has 0 fully saturated rings. The van der Waals surface area contributed by atoms with E-state index in [0.29, 0.717) is 5.46 Å². The third-order valence-electron chi connectivity index (χ3n) is 3.69. The second kappa shape index (κ2) is 4.10. The van der Waals surface area contributed by atoms with Crippen molar-refractivity contribution in [2.24, 2.45) is 0 Å². The van der Waals surface area contributed by atoms with Gasteiger partial charge in [-0.1, -0.05) is 48.5 Å². The van der Waals surface area contributed by atoms with Gasteiger partial charge in [-0.3, -0.25) is 0 Å². The fourth-order valence-corrected chi connectivity index (χ4v) is 2.79. The normalized spacial score (nSPS) is 11.5. The topological polar surface area (TPSA) is 53.6 Å². The van der Waals surface area contributed by atoms with E-state index in [2.05, 4.69) is 0 Å². The number of fused-ring (bicyclic) bond motifs is 5. The van der Waals surface area contributed by atoms with Crippen LogP contribution < -0.4 is 5.46 Å². The summed E-state index contributed by atoms with van der Waals surface area (Å²) in [4.78, 5) is 0. The smallest absolute Gasteiger partial charge is 0.455 e. The van der Waals surface area contributed by atoms with Crippen molar-refractivity contribution in [3.8, 4) is 0 Å². The first-order valence-corrected chi connectivity index (χ1v) is 6.45. The van der Waals surface area contributed by atoms with Crippen molar-refractivity contribution in [2.45, 2.75) is 0 Å². The van der Waals surface area contributed by atoms with Crippen molar-refractivity contribution >= 4 is 45.3 Å². The van der Waals surface area contributed by atoms with E-state index in [-0.39, 0.29) is 0 Å². The number of para-hydroxylation sites is 1. The van der Waals surface area contributed by atoms with Gasteiger partial charge < -0.3 is 14.5 Å². The van der Waals surface area contributed by atoms with Gasteiger partial charge in [-0.2, -0.15) is 0 Å². The van der Waals surface area contributed by atoms with Gasteiger partial charge in [0, 0.05) is 16.2 Å². The molecule has 0 radical (unpaired) electrons. The van der Waals surface area contributed by atoms with Crippen LogP contribution in [0.3, 0.4) is 0 Å². The first kappa shape index (κ1) is 11.5. The second-order valence-corrected chi connectivity index (χ2v) is 4.86. The lowest BCUT2D eigenvalue weighted by atomic mass is 9.76. The van der Waals surface area contributed by atoms with Gasteiger partial charge in [-0.15, -0.1) is 0 Å². The molecule has 0 saturated heterocycles. The molecule has 0 bridgehead atoms. The molecule has 0 aliphatic carbocycles. The lowest BCUT2D eigenvalue weighted by Crippen LogP contribution is -2.30. The average molecular weight is 262 g/mol. The molecule has 96 valence electrons. The van der Waals surface area contributed by atoms with E-state index in [4.69, 9.17) is 4.42 Å². The highest BCUT2D eigenvalue weighted by Gasteiger charge is 2.19. The number of furan rings is 1. The van der Waals surface area contributed by atoms with E-state index in [1.54, 1.807) is 6.07 Å². The van der Waals surface area contributed by atoms with Crippen molar-refractivity contribution in [1.82, 2.24) is 0 Å². The molecule has 0 saturated carbocycles. The van der Waals surface area contributed by atoms with E-state index in [0.717, 1.165) is 32.7 Å². The van der Waals surface area contributed by atoms with Crippen molar-refractivity contribution in [2.75, 3.05) is 0 Å². The standard InChI is InChI=1S/C16H11BO3/c18-17(19)14-9-13-11-6-3-4-8-15(11)20-16(13)12-7-2-1-5-10(12)14/h1-9,18-19H. The zero-order valence-electron chi connectivity index (χ0n) is 10.6. The Morgan fingerprint density at radius 2 is 1.40 bits per heavy atom. The van der Waals surface area contributed by atoms with Crippen molar-refractivity contribution in [3.05, 3.63) is 54.6 Å². The van der Waals surface area contributed by atoms with Gasteiger partial charge in [0.2, 0.25) is 0 Å². The number of rotatable bonds is 1. The molecule has 4 rings (SSSR count). The van der Waals surface area contributed by atoms with Gasteiger partial charge in [0.1, 0.15) is 11.2 Å². The highest BCUT2D eigenvalue weighted by Crippen LogP contribution is 2.32. The van der Waals surface area contributed by atoms with Crippen LogP contribution in [0, 0.1) is 0 Å². The third-order valence-corrected chi connectivity index (χ3v) is 3.69. The molecule has 0 unspecified atom stereocenters. The Hall–Kier alpha value is -2.30. The minimum atomic E-state index is -1.50. The van der Waals surface area contributed by atoms with Crippen molar-refractivity contribution in [3.63, 3.8) is 0 Å². The predicted octanol–water partition coefficient (Wildman–Crippen LogP) is 2.42. The van der Waals surface area contributed by atoms with E-state index in [1.807, 2.05) is 48.5 Å². The first-order valence-electron chi connectivity index (χ1n) is 6.45. The van der Waals surface area contributed by atoms with E-state index in [9.17, 15) is 10.0 Å². The highest BCUT2D eigenvalue weighted by molar-refractivity contribution is 6.62. The first-order chi connectivity index (χ1) is 9.75. The maximum Gasteiger partial charge on any atom is 0.489 e. The Morgan fingerprint density at radius 3 is 2.15 bits per heavy atom. The van der Waals surface area contributed by atoms with E-state index < -0.39 is 7.12 Å². The molecular formula is C16H11BO3. The van der Waals surface area contributed by atoms with Crippen LogP contribution in [0.4, 0.5) is 0 Å². The van der Waals surface area contributed by atoms with E-state index >= 15 is 0 Å². The summed E-state index contributed by atoms with van der Waals surface area (Å²) in [5, 5.41) is 22.8.